The van der Waals surface area contributed by atoms with Gasteiger partial charge in [-0.15, -0.1) is 0 Å². The molecule has 5 heteroatoms. The van der Waals surface area contributed by atoms with Gasteiger partial charge >= 0.3 is 6.03 Å². The topological polar surface area (TPSA) is 45.2 Å². The minimum absolute atomic E-state index is 0.0928. The summed E-state index contributed by atoms with van der Waals surface area (Å²) in [6.07, 6.45) is 3.45. The van der Waals surface area contributed by atoms with Crippen molar-refractivity contribution in [1.29, 1.82) is 0 Å². The highest BCUT2D eigenvalue weighted by atomic mass is 79.9. The summed E-state index contributed by atoms with van der Waals surface area (Å²) in [5.74, 6) is 0. The number of nitrogens with zero attached hydrogens (tertiary/aromatic N) is 2. The number of carbonyl (C=O) groups is 1. The minimum atomic E-state index is -0.0928. The summed E-state index contributed by atoms with van der Waals surface area (Å²) in [6.45, 7) is 1.08. The van der Waals surface area contributed by atoms with E-state index >= 15 is 0 Å². The molecule has 0 fully saturated rings. The van der Waals surface area contributed by atoms with E-state index < -0.39 is 0 Å². The Kier molecular flexibility index (Phi) is 5.12. The van der Waals surface area contributed by atoms with E-state index in [9.17, 15) is 4.79 Å². The van der Waals surface area contributed by atoms with Crippen molar-refractivity contribution in [2.75, 3.05) is 7.05 Å². The maximum Gasteiger partial charge on any atom is 0.317 e. The van der Waals surface area contributed by atoms with E-state index in [0.717, 1.165) is 15.6 Å². The summed E-state index contributed by atoms with van der Waals surface area (Å²) in [4.78, 5) is 17.6. The third-order valence-electron chi connectivity index (χ3n) is 2.87. The van der Waals surface area contributed by atoms with Crippen LogP contribution in [-0.4, -0.2) is 23.0 Å². The van der Waals surface area contributed by atoms with E-state index in [-0.39, 0.29) is 6.03 Å². The van der Waals surface area contributed by atoms with Crippen molar-refractivity contribution in [3.8, 4) is 0 Å². The molecule has 0 saturated heterocycles. The lowest BCUT2D eigenvalue weighted by molar-refractivity contribution is 0.206. The van der Waals surface area contributed by atoms with Crippen molar-refractivity contribution >= 4 is 22.0 Å². The Morgan fingerprint density at radius 1 is 1.15 bits per heavy atom. The Morgan fingerprint density at radius 3 is 2.45 bits per heavy atom. The van der Waals surface area contributed by atoms with Crippen LogP contribution in [-0.2, 0) is 13.1 Å². The van der Waals surface area contributed by atoms with Crippen LogP contribution in [0.4, 0.5) is 4.79 Å². The number of benzene rings is 1. The lowest BCUT2D eigenvalue weighted by atomic mass is 10.2. The van der Waals surface area contributed by atoms with E-state index in [4.69, 9.17) is 0 Å². The molecule has 0 saturated carbocycles. The van der Waals surface area contributed by atoms with Gasteiger partial charge in [0.15, 0.2) is 0 Å². The van der Waals surface area contributed by atoms with Gasteiger partial charge in [-0.05, 0) is 35.4 Å². The highest BCUT2D eigenvalue weighted by Crippen LogP contribution is 2.10. The zero-order valence-corrected chi connectivity index (χ0v) is 12.8. The molecule has 1 N–H and O–H groups in total. The minimum Gasteiger partial charge on any atom is -0.334 e. The van der Waals surface area contributed by atoms with Crippen LogP contribution in [0.5, 0.6) is 0 Å². The van der Waals surface area contributed by atoms with E-state index in [1.807, 2.05) is 36.4 Å². The van der Waals surface area contributed by atoms with Gasteiger partial charge in [0.2, 0.25) is 0 Å². The number of amides is 2. The lowest BCUT2D eigenvalue weighted by Crippen LogP contribution is -2.36. The number of nitrogens with one attached hydrogen (secondary N) is 1. The number of hydrogen-bond acceptors (Lipinski definition) is 2. The number of rotatable bonds is 4. The van der Waals surface area contributed by atoms with Gasteiger partial charge < -0.3 is 10.2 Å². The Hall–Kier alpha value is -1.88. The van der Waals surface area contributed by atoms with Gasteiger partial charge in [0.1, 0.15) is 0 Å². The molecule has 2 amide bonds. The molecule has 0 unspecified atom stereocenters. The van der Waals surface area contributed by atoms with Crippen molar-refractivity contribution < 1.29 is 4.79 Å². The maximum absolute atomic E-state index is 12.0. The predicted octanol–water partition coefficient (Wildman–Crippen LogP) is 3.19. The van der Waals surface area contributed by atoms with Crippen LogP contribution in [0.2, 0.25) is 0 Å². The van der Waals surface area contributed by atoms with Crippen molar-refractivity contribution in [1.82, 2.24) is 15.2 Å². The molecule has 2 rings (SSSR count). The fourth-order valence-electron chi connectivity index (χ4n) is 1.75. The van der Waals surface area contributed by atoms with Crippen molar-refractivity contribution in [2.24, 2.45) is 0 Å². The van der Waals surface area contributed by atoms with Crippen molar-refractivity contribution in [3.63, 3.8) is 0 Å². The fraction of sp³-hybridized carbons (Fsp3) is 0.200. The van der Waals surface area contributed by atoms with Crippen molar-refractivity contribution in [3.05, 3.63) is 64.4 Å². The summed E-state index contributed by atoms with van der Waals surface area (Å²) in [5.41, 5.74) is 2.13. The maximum atomic E-state index is 12.0. The first-order valence-electron chi connectivity index (χ1n) is 6.27. The monoisotopic (exact) mass is 333 g/mol. The third-order valence-corrected chi connectivity index (χ3v) is 3.40. The summed E-state index contributed by atoms with van der Waals surface area (Å²) >= 11 is 3.39. The summed E-state index contributed by atoms with van der Waals surface area (Å²) < 4.78 is 1.03. The van der Waals surface area contributed by atoms with Gasteiger partial charge in [0.05, 0.1) is 0 Å². The molecule has 2 aromatic rings. The normalized spacial score (nSPS) is 10.1. The predicted molar refractivity (Wildman–Crippen MR) is 82.1 cm³/mol. The lowest BCUT2D eigenvalue weighted by Gasteiger charge is -2.18. The smallest absolute Gasteiger partial charge is 0.317 e. The Bertz CT molecular complexity index is 557. The van der Waals surface area contributed by atoms with E-state index in [1.54, 1.807) is 24.3 Å². The molecule has 0 aliphatic rings. The van der Waals surface area contributed by atoms with Gasteiger partial charge in [0.25, 0.3) is 0 Å². The zero-order chi connectivity index (χ0) is 14.4. The molecule has 1 aromatic heterocycles. The van der Waals surface area contributed by atoms with E-state index in [1.165, 1.54) is 0 Å². The second-order valence-corrected chi connectivity index (χ2v) is 5.41. The largest absolute Gasteiger partial charge is 0.334 e. The average Bonchev–Trinajstić information content (AvgIpc) is 2.47. The third kappa shape index (κ3) is 4.35. The zero-order valence-electron chi connectivity index (χ0n) is 11.2. The van der Waals surface area contributed by atoms with Gasteiger partial charge in [-0.2, -0.15) is 0 Å². The first kappa shape index (κ1) is 14.5. The Balaban J connectivity index is 1.83. The van der Waals surface area contributed by atoms with Gasteiger partial charge in [-0.25, -0.2) is 4.79 Å². The molecule has 0 radical (unpaired) electrons. The van der Waals surface area contributed by atoms with E-state index in [0.29, 0.717) is 13.1 Å². The number of halogens is 1. The molecule has 0 spiro atoms. The molecule has 0 aliphatic heterocycles. The van der Waals surface area contributed by atoms with Gasteiger partial charge in [-0.3, -0.25) is 4.98 Å². The second-order valence-electron chi connectivity index (χ2n) is 4.50. The first-order valence-corrected chi connectivity index (χ1v) is 7.07. The molecular formula is C15H16BrN3O. The highest BCUT2D eigenvalue weighted by Gasteiger charge is 2.08. The molecule has 20 heavy (non-hydrogen) atoms. The SMILES string of the molecule is CN(Cc1ccncc1)C(=O)NCc1ccc(Br)cc1. The van der Waals surface area contributed by atoms with Crippen LogP contribution in [0.15, 0.2) is 53.3 Å². The van der Waals surface area contributed by atoms with Crippen LogP contribution >= 0.6 is 15.9 Å². The number of urea groups is 1. The van der Waals surface area contributed by atoms with Crippen LogP contribution in [0.3, 0.4) is 0 Å². The quantitative estimate of drug-likeness (QED) is 0.933. The number of pyridine rings is 1. The molecule has 0 bridgehead atoms. The first-order chi connectivity index (χ1) is 9.65. The number of aromatic nitrogens is 1. The van der Waals surface area contributed by atoms with Crippen LogP contribution < -0.4 is 5.32 Å². The number of carbonyl (C=O) groups excluding carboxylic acids is 1. The summed E-state index contributed by atoms with van der Waals surface area (Å²) in [5, 5.41) is 2.89. The molecule has 1 heterocycles. The van der Waals surface area contributed by atoms with Crippen LogP contribution in [0, 0.1) is 0 Å². The van der Waals surface area contributed by atoms with Crippen LogP contribution in [0.25, 0.3) is 0 Å². The standard InChI is InChI=1S/C15H16BrN3O/c1-19(11-13-6-8-17-9-7-13)15(20)18-10-12-2-4-14(16)5-3-12/h2-9H,10-11H2,1H3,(H,18,20). The van der Waals surface area contributed by atoms with E-state index in [2.05, 4.69) is 26.2 Å². The van der Waals surface area contributed by atoms with Gasteiger partial charge in [-0.1, -0.05) is 28.1 Å². The molecule has 0 atom stereocenters. The molecule has 1 aromatic carbocycles. The molecular weight excluding hydrogens is 318 g/mol. The Morgan fingerprint density at radius 2 is 1.80 bits per heavy atom. The van der Waals surface area contributed by atoms with Crippen molar-refractivity contribution in [2.45, 2.75) is 13.1 Å². The van der Waals surface area contributed by atoms with Gasteiger partial charge in [0, 0.05) is 37.0 Å². The summed E-state index contributed by atoms with van der Waals surface area (Å²) in [6, 6.07) is 11.6. The van der Waals surface area contributed by atoms with Crippen LogP contribution in [0.1, 0.15) is 11.1 Å². The summed E-state index contributed by atoms with van der Waals surface area (Å²) in [7, 11) is 1.78. The average molecular weight is 334 g/mol. The highest BCUT2D eigenvalue weighted by molar-refractivity contribution is 9.10. The Labute approximate surface area is 127 Å². The fourth-order valence-corrected chi connectivity index (χ4v) is 2.01. The number of hydrogen-bond donors (Lipinski definition) is 1. The molecule has 4 nitrogen and oxygen atoms in total. The molecule has 104 valence electrons. The molecule has 0 aliphatic carbocycles. The second kappa shape index (κ2) is 7.05.